The Labute approximate surface area is 247 Å². The molecule has 0 radical (unpaired) electrons. The number of halogens is 1. The largest absolute Gasteiger partial charge is 0.339 e. The quantitative estimate of drug-likeness (QED) is 0.357. The Hall–Kier alpha value is -3.80. The maximum atomic E-state index is 14.8. The third-order valence-electron chi connectivity index (χ3n) is 8.52. The third kappa shape index (κ3) is 5.90. The zero-order valence-corrected chi connectivity index (χ0v) is 23.9. The van der Waals surface area contributed by atoms with Crippen molar-refractivity contribution in [2.45, 2.75) is 55.5 Å². The number of carbonyl (C=O) groups excluding carboxylic acids is 4. The number of azo groups is 1. The first kappa shape index (κ1) is 28.3. The second-order valence-electron chi connectivity index (χ2n) is 11.2. The molecular weight excluding hydrogens is 559 g/mol. The standard InChI is InChI=1S/C30H33FN6O4S/c31-22-10-9-18(16-23-19-5-1-2-6-20(19)28(39)35-34-23)15-21(22)29(40)37-13-11-36(12-14-37)26(38)8-4-3-7-25-27-24(17-42-25)32-30(41)33-27/h1-2,5-6,9-10,15,23-25,27H,3-4,7-8,11-14,16-17H2,(H2,32,33,41)/t23?,24-,25-,27-/m0/s1. The van der Waals surface area contributed by atoms with Crippen molar-refractivity contribution in [3.8, 4) is 0 Å². The number of unbranched alkanes of at least 4 members (excludes halogenated alkanes) is 1. The molecule has 10 nitrogen and oxygen atoms in total. The van der Waals surface area contributed by atoms with Crippen LogP contribution in [0.25, 0.3) is 0 Å². The summed E-state index contributed by atoms with van der Waals surface area (Å²) >= 11 is 1.87. The van der Waals surface area contributed by atoms with Crippen LogP contribution < -0.4 is 10.6 Å². The van der Waals surface area contributed by atoms with E-state index in [0.29, 0.717) is 49.8 Å². The summed E-state index contributed by atoms with van der Waals surface area (Å²) in [5, 5.41) is 14.2. The predicted octanol–water partition coefficient (Wildman–Crippen LogP) is 3.73. The van der Waals surface area contributed by atoms with Gasteiger partial charge in [-0.25, -0.2) is 9.18 Å². The maximum absolute atomic E-state index is 14.8. The number of piperazine rings is 1. The van der Waals surface area contributed by atoms with Crippen LogP contribution in [0, 0.1) is 5.82 Å². The van der Waals surface area contributed by atoms with Crippen molar-refractivity contribution in [3.63, 3.8) is 0 Å². The highest BCUT2D eigenvalue weighted by molar-refractivity contribution is 8.00. The molecule has 5 amide bonds. The minimum atomic E-state index is -0.595. The van der Waals surface area contributed by atoms with Crippen LogP contribution in [0.4, 0.5) is 9.18 Å². The predicted molar refractivity (Wildman–Crippen MR) is 155 cm³/mol. The Morgan fingerprint density at radius 1 is 1.00 bits per heavy atom. The molecule has 2 N–H and O–H groups in total. The lowest BCUT2D eigenvalue weighted by atomic mass is 9.93. The summed E-state index contributed by atoms with van der Waals surface area (Å²) < 4.78 is 14.8. The van der Waals surface area contributed by atoms with E-state index in [9.17, 15) is 23.6 Å². The summed E-state index contributed by atoms with van der Waals surface area (Å²) in [6, 6.07) is 11.5. The fourth-order valence-electron chi connectivity index (χ4n) is 6.21. The van der Waals surface area contributed by atoms with Crippen LogP contribution in [0.3, 0.4) is 0 Å². The molecule has 2 aromatic rings. The first-order valence-electron chi connectivity index (χ1n) is 14.5. The van der Waals surface area contributed by atoms with E-state index >= 15 is 0 Å². The number of hydrogen-bond acceptors (Lipinski definition) is 6. The fourth-order valence-corrected chi connectivity index (χ4v) is 7.75. The normalized spacial score (nSPS) is 24.7. The molecule has 2 aromatic carbocycles. The van der Waals surface area contributed by atoms with Crippen molar-refractivity contribution in [1.29, 1.82) is 0 Å². The molecule has 0 aromatic heterocycles. The van der Waals surface area contributed by atoms with E-state index in [1.807, 2.05) is 23.9 Å². The highest BCUT2D eigenvalue weighted by Gasteiger charge is 2.42. The molecular formula is C30H33FN6O4S. The van der Waals surface area contributed by atoms with Gasteiger partial charge in [0.2, 0.25) is 5.91 Å². The molecule has 0 saturated carbocycles. The summed E-state index contributed by atoms with van der Waals surface area (Å²) in [7, 11) is 0. The number of hydrogen-bond donors (Lipinski definition) is 2. The van der Waals surface area contributed by atoms with Gasteiger partial charge in [0.05, 0.1) is 17.6 Å². The maximum Gasteiger partial charge on any atom is 0.315 e. The minimum Gasteiger partial charge on any atom is -0.339 e. The van der Waals surface area contributed by atoms with Gasteiger partial charge in [-0.05, 0) is 42.2 Å². The summed E-state index contributed by atoms with van der Waals surface area (Å²) in [5.74, 6) is -0.379. The van der Waals surface area contributed by atoms with Crippen LogP contribution in [-0.4, -0.2) is 82.8 Å². The molecule has 6 rings (SSSR count). The highest BCUT2D eigenvalue weighted by Crippen LogP contribution is 2.33. The smallest absolute Gasteiger partial charge is 0.315 e. The number of nitrogens with zero attached hydrogens (tertiary/aromatic N) is 4. The van der Waals surface area contributed by atoms with Gasteiger partial charge in [-0.1, -0.05) is 30.7 Å². The summed E-state index contributed by atoms with van der Waals surface area (Å²) in [4.78, 5) is 53.1. The fraction of sp³-hybridized carbons (Fsp3) is 0.467. The number of amides is 5. The molecule has 0 spiro atoms. The first-order chi connectivity index (χ1) is 20.4. The molecule has 1 unspecified atom stereocenters. The van der Waals surface area contributed by atoms with Crippen LogP contribution in [0.2, 0.25) is 0 Å². The lowest BCUT2D eigenvalue weighted by Gasteiger charge is -2.35. The molecule has 12 heteroatoms. The van der Waals surface area contributed by atoms with Crippen molar-refractivity contribution in [1.82, 2.24) is 20.4 Å². The molecule has 4 aliphatic heterocycles. The van der Waals surface area contributed by atoms with Crippen LogP contribution >= 0.6 is 11.8 Å². The molecule has 220 valence electrons. The lowest BCUT2D eigenvalue weighted by molar-refractivity contribution is -0.132. The number of carbonyl (C=O) groups is 4. The average molecular weight is 593 g/mol. The van der Waals surface area contributed by atoms with E-state index in [0.717, 1.165) is 36.1 Å². The lowest BCUT2D eigenvalue weighted by Crippen LogP contribution is -2.50. The Kier molecular flexibility index (Phi) is 8.23. The number of thioether (sulfide) groups is 1. The Morgan fingerprint density at radius 2 is 1.79 bits per heavy atom. The molecule has 0 bridgehead atoms. The van der Waals surface area contributed by atoms with Crippen molar-refractivity contribution in [2.75, 3.05) is 31.9 Å². The van der Waals surface area contributed by atoms with Gasteiger partial charge in [0.15, 0.2) is 0 Å². The SMILES string of the molecule is O=C1N[C@H]2[C@H](CS[C@H]2CCCCC(=O)N2CCN(C(=O)c3cc(CC4N=NC(=O)c5ccccc54)ccc3F)CC2)N1. The number of nitrogens with one attached hydrogen (secondary N) is 2. The van der Waals surface area contributed by atoms with Gasteiger partial charge in [0.1, 0.15) is 11.9 Å². The number of urea groups is 1. The van der Waals surface area contributed by atoms with Gasteiger partial charge in [-0.15, -0.1) is 5.11 Å². The summed E-state index contributed by atoms with van der Waals surface area (Å²) in [6.07, 6.45) is 3.49. The van der Waals surface area contributed by atoms with E-state index in [-0.39, 0.29) is 35.5 Å². The van der Waals surface area contributed by atoms with Crippen molar-refractivity contribution in [3.05, 3.63) is 70.5 Å². The number of fused-ring (bicyclic) bond motifs is 2. The van der Waals surface area contributed by atoms with Gasteiger partial charge in [-0.2, -0.15) is 16.9 Å². The van der Waals surface area contributed by atoms with E-state index in [2.05, 4.69) is 20.9 Å². The molecule has 42 heavy (non-hydrogen) atoms. The van der Waals surface area contributed by atoms with Gasteiger partial charge in [0.25, 0.3) is 11.8 Å². The molecule has 0 aliphatic carbocycles. The molecule has 3 saturated heterocycles. The topological polar surface area (TPSA) is 124 Å². The highest BCUT2D eigenvalue weighted by atomic mass is 32.2. The number of benzene rings is 2. The van der Waals surface area contributed by atoms with Gasteiger partial charge in [-0.3, -0.25) is 14.4 Å². The summed E-state index contributed by atoms with van der Waals surface area (Å²) in [5.41, 5.74) is 1.98. The molecule has 4 aliphatic rings. The Bertz CT molecular complexity index is 1430. The molecule has 4 atom stereocenters. The third-order valence-corrected chi connectivity index (χ3v) is 10.0. The monoisotopic (exact) mass is 592 g/mol. The van der Waals surface area contributed by atoms with E-state index in [1.54, 1.807) is 34.1 Å². The minimum absolute atomic E-state index is 0.00920. The zero-order valence-electron chi connectivity index (χ0n) is 23.1. The second kappa shape index (κ2) is 12.2. The van der Waals surface area contributed by atoms with Gasteiger partial charge >= 0.3 is 6.03 Å². The van der Waals surface area contributed by atoms with Gasteiger partial charge in [0, 0.05) is 55.6 Å². The zero-order chi connectivity index (χ0) is 29.2. The second-order valence-corrected chi connectivity index (χ2v) is 12.5. The molecule has 4 heterocycles. The van der Waals surface area contributed by atoms with Crippen molar-refractivity contribution in [2.24, 2.45) is 10.2 Å². The van der Waals surface area contributed by atoms with Crippen molar-refractivity contribution >= 4 is 35.5 Å². The van der Waals surface area contributed by atoms with E-state index in [4.69, 9.17) is 0 Å². The first-order valence-corrected chi connectivity index (χ1v) is 15.5. The summed E-state index contributed by atoms with van der Waals surface area (Å²) in [6.45, 7) is 1.52. The average Bonchev–Trinajstić information content (AvgIpc) is 3.56. The Morgan fingerprint density at radius 3 is 2.62 bits per heavy atom. The van der Waals surface area contributed by atoms with E-state index < -0.39 is 17.8 Å². The van der Waals surface area contributed by atoms with Crippen LogP contribution in [0.15, 0.2) is 52.7 Å². The Balaban J connectivity index is 0.983. The van der Waals surface area contributed by atoms with Crippen LogP contribution in [0.1, 0.15) is 63.6 Å². The van der Waals surface area contributed by atoms with E-state index in [1.165, 1.54) is 6.07 Å². The molecule has 3 fully saturated rings. The van der Waals surface area contributed by atoms with Crippen LogP contribution in [-0.2, 0) is 11.2 Å². The van der Waals surface area contributed by atoms with Gasteiger partial charge < -0.3 is 20.4 Å². The number of rotatable bonds is 8. The van der Waals surface area contributed by atoms with Crippen molar-refractivity contribution < 1.29 is 23.6 Å². The van der Waals surface area contributed by atoms with Crippen LogP contribution in [0.5, 0.6) is 0 Å².